The van der Waals surface area contributed by atoms with Gasteiger partial charge in [0.05, 0.1) is 12.7 Å². The number of hydrogen-bond acceptors (Lipinski definition) is 12. The van der Waals surface area contributed by atoms with E-state index in [9.17, 15) is 0 Å². The van der Waals surface area contributed by atoms with E-state index in [4.69, 9.17) is 85.7 Å². The maximum absolute atomic E-state index is 9.00. The maximum Gasteiger partial charge on any atom is 0.300 e. The molecule has 0 saturated heterocycles. The molecule has 13 N–H and O–H groups in total. The minimum absolute atomic E-state index is 0.0434. The molecule has 0 aliphatic heterocycles. The van der Waals surface area contributed by atoms with Crippen LogP contribution in [-0.4, -0.2) is 118 Å². The van der Waals surface area contributed by atoms with Crippen LogP contribution in [0.4, 0.5) is 0 Å². The Bertz CT molecular complexity index is 439. The molecule has 35 heavy (non-hydrogen) atoms. The zero-order valence-corrected chi connectivity index (χ0v) is 20.1. The average molecular weight is 526 g/mol. The summed E-state index contributed by atoms with van der Waals surface area (Å²) in [6.45, 7) is 5.86. The number of aliphatic hydroxyl groups excluding tert-OH is 4. The summed E-state index contributed by atoms with van der Waals surface area (Å²) in [6, 6.07) is 0. The monoisotopic (exact) mass is 526 g/mol. The smallest absolute Gasteiger partial charge is 0.300 e. The van der Waals surface area contributed by atoms with Gasteiger partial charge < -0.3 is 51.1 Å². The van der Waals surface area contributed by atoms with Gasteiger partial charge in [0.1, 0.15) is 12.2 Å². The molecule has 3 atom stereocenters. The van der Waals surface area contributed by atoms with Crippen molar-refractivity contribution in [2.75, 3.05) is 13.2 Å². The number of hydrazine groups is 1. The number of nitrogens with one attached hydrogen (secondary N) is 1. The highest BCUT2D eigenvalue weighted by molar-refractivity contribution is 5.64. The van der Waals surface area contributed by atoms with Crippen molar-refractivity contribution >= 4 is 35.8 Å². The molecule has 0 spiro atoms. The summed E-state index contributed by atoms with van der Waals surface area (Å²) in [5, 5.41) is 79.6. The Morgan fingerprint density at radius 3 is 0.857 bits per heavy atom. The Morgan fingerprint density at radius 2 is 0.743 bits per heavy atom. The van der Waals surface area contributed by atoms with Crippen LogP contribution < -0.4 is 11.3 Å². The van der Waals surface area contributed by atoms with Crippen LogP contribution in [0, 0.1) is 0 Å². The zero-order valence-electron chi connectivity index (χ0n) is 20.1. The van der Waals surface area contributed by atoms with Crippen molar-refractivity contribution in [3.05, 3.63) is 0 Å². The van der Waals surface area contributed by atoms with Gasteiger partial charge in [-0.2, -0.15) is 0 Å². The number of hydrogen-bond donors (Lipinski definition) is 12. The third-order valence-electron chi connectivity index (χ3n) is 1.30. The van der Waals surface area contributed by atoms with Crippen LogP contribution >= 0.6 is 0 Å². The predicted octanol–water partition coefficient (Wildman–Crippen LogP) is -2.93. The minimum Gasteiger partial charge on any atom is -0.481 e. The van der Waals surface area contributed by atoms with Gasteiger partial charge in [0.2, 0.25) is 0 Å². The number of carboxylic acids is 6. The first kappa shape index (κ1) is 48.9. The topological polar surface area (TPSA) is 343 Å². The Balaban J connectivity index is -0.0000000558. The SMILES string of the molecule is CC(=O)O.CC(=O)O.CC(=O)O.CC(=O)O.CC(=O)O.CC(=O)O.NNC[C@H](O)[C@@H](O)[C@H](O)CO. The van der Waals surface area contributed by atoms with Gasteiger partial charge in [0, 0.05) is 48.1 Å². The van der Waals surface area contributed by atoms with Crippen LogP contribution in [0.1, 0.15) is 41.5 Å². The maximum atomic E-state index is 9.00. The molecule has 18 nitrogen and oxygen atoms in total. The summed E-state index contributed by atoms with van der Waals surface area (Å²) in [7, 11) is 0. The molecule has 0 heterocycles. The molecule has 18 heteroatoms. The Morgan fingerprint density at radius 1 is 0.571 bits per heavy atom. The third-order valence-corrected chi connectivity index (χ3v) is 1.30. The molecule has 0 rings (SSSR count). The molecule has 0 radical (unpaired) electrons. The summed E-state index contributed by atoms with van der Waals surface area (Å²) >= 11 is 0. The molecule has 212 valence electrons. The van der Waals surface area contributed by atoms with Crippen LogP contribution in [0.2, 0.25) is 0 Å². The fraction of sp³-hybridized carbons (Fsp3) is 0.647. The standard InChI is InChI=1S/C5H14N2O4.6C2H4O2/c6-7-1-3(9)5(11)4(10)2-8;6*1-2(3)4/h3-5,7-11H,1-2,6H2;6*1H3,(H,3,4)/t3-,4+,5+;;;;;;/m0....../s1. The van der Waals surface area contributed by atoms with E-state index in [1.54, 1.807) is 0 Å². The van der Waals surface area contributed by atoms with E-state index in [1.165, 1.54) is 0 Å². The number of carboxylic acid groups (broad SMARTS) is 6. The fourth-order valence-corrected chi connectivity index (χ4v) is 0.606. The first-order chi connectivity index (χ1) is 15.5. The lowest BCUT2D eigenvalue weighted by Crippen LogP contribution is -2.46. The second-order valence-corrected chi connectivity index (χ2v) is 5.33. The van der Waals surface area contributed by atoms with E-state index >= 15 is 0 Å². The van der Waals surface area contributed by atoms with E-state index in [2.05, 4.69) is 5.43 Å². The van der Waals surface area contributed by atoms with Crippen molar-refractivity contribution < 1.29 is 79.8 Å². The van der Waals surface area contributed by atoms with Crippen molar-refractivity contribution in [2.24, 2.45) is 5.84 Å². The quantitative estimate of drug-likeness (QED) is 0.126. The van der Waals surface area contributed by atoms with Crippen molar-refractivity contribution in [1.82, 2.24) is 5.43 Å². The summed E-state index contributed by atoms with van der Waals surface area (Å²) < 4.78 is 0. The van der Waals surface area contributed by atoms with Crippen LogP contribution in [0.25, 0.3) is 0 Å². The van der Waals surface area contributed by atoms with E-state index < -0.39 is 60.7 Å². The first-order valence-corrected chi connectivity index (χ1v) is 8.78. The largest absolute Gasteiger partial charge is 0.481 e. The lowest BCUT2D eigenvalue weighted by Gasteiger charge is -2.20. The highest BCUT2D eigenvalue weighted by Crippen LogP contribution is 1.97. The molecule has 0 aromatic carbocycles. The van der Waals surface area contributed by atoms with Gasteiger partial charge in [0.15, 0.2) is 0 Å². The lowest BCUT2D eigenvalue weighted by atomic mass is 10.1. The van der Waals surface area contributed by atoms with Gasteiger partial charge in [-0.15, -0.1) is 0 Å². The van der Waals surface area contributed by atoms with Crippen LogP contribution in [0.3, 0.4) is 0 Å². The number of carbonyl (C=O) groups is 6. The number of nitrogens with two attached hydrogens (primary N) is 1. The Labute approximate surface area is 200 Å². The molecule has 0 aromatic heterocycles. The highest BCUT2D eigenvalue weighted by atomic mass is 16.4. The molecular formula is C17H38N2O16. The molecule has 0 aliphatic carbocycles. The van der Waals surface area contributed by atoms with Crippen molar-refractivity contribution in [3.8, 4) is 0 Å². The Hall–Kier alpha value is -3.42. The molecule has 0 unspecified atom stereocenters. The van der Waals surface area contributed by atoms with E-state index in [-0.39, 0.29) is 6.54 Å². The predicted molar refractivity (Wildman–Crippen MR) is 117 cm³/mol. The van der Waals surface area contributed by atoms with Crippen molar-refractivity contribution in [1.29, 1.82) is 0 Å². The minimum atomic E-state index is -1.38. The van der Waals surface area contributed by atoms with E-state index in [1.807, 2.05) is 0 Å². The zero-order chi connectivity index (χ0) is 30.3. The summed E-state index contributed by atoms with van der Waals surface area (Å²) in [5.41, 5.74) is 2.12. The van der Waals surface area contributed by atoms with Gasteiger partial charge in [-0.3, -0.25) is 40.0 Å². The Kier molecular flexibility index (Phi) is 52.9. The summed E-state index contributed by atoms with van der Waals surface area (Å²) in [4.78, 5) is 54.0. The van der Waals surface area contributed by atoms with Crippen LogP contribution in [0.15, 0.2) is 0 Å². The molecule has 0 bridgehead atoms. The molecule has 0 aliphatic rings. The molecule has 0 amide bonds. The third kappa shape index (κ3) is 272. The van der Waals surface area contributed by atoms with Gasteiger partial charge in [-0.25, -0.2) is 0 Å². The second kappa shape index (κ2) is 37.9. The van der Waals surface area contributed by atoms with Gasteiger partial charge in [-0.05, 0) is 0 Å². The summed E-state index contributed by atoms with van der Waals surface area (Å²) in [6.07, 6.45) is -3.89. The number of aliphatic hydroxyl groups is 4. The summed E-state index contributed by atoms with van der Waals surface area (Å²) in [5.74, 6) is -0.156. The lowest BCUT2D eigenvalue weighted by molar-refractivity contribution is -0.135. The highest BCUT2D eigenvalue weighted by Gasteiger charge is 2.23. The second-order valence-electron chi connectivity index (χ2n) is 5.33. The molecule has 0 fully saturated rings. The fourth-order valence-electron chi connectivity index (χ4n) is 0.606. The number of rotatable bonds is 5. The van der Waals surface area contributed by atoms with E-state index in [0.29, 0.717) is 0 Å². The molecular weight excluding hydrogens is 488 g/mol. The average Bonchev–Trinajstić information content (AvgIpc) is 2.57. The molecule has 0 aromatic rings. The van der Waals surface area contributed by atoms with Gasteiger partial charge in [-0.1, -0.05) is 0 Å². The van der Waals surface area contributed by atoms with Crippen LogP contribution in [-0.2, 0) is 28.8 Å². The first-order valence-electron chi connectivity index (χ1n) is 8.78. The van der Waals surface area contributed by atoms with E-state index in [0.717, 1.165) is 41.5 Å². The van der Waals surface area contributed by atoms with Gasteiger partial charge in [0.25, 0.3) is 35.8 Å². The van der Waals surface area contributed by atoms with Gasteiger partial charge >= 0.3 is 0 Å². The number of aliphatic carboxylic acids is 6. The van der Waals surface area contributed by atoms with Crippen molar-refractivity contribution in [3.63, 3.8) is 0 Å². The van der Waals surface area contributed by atoms with Crippen molar-refractivity contribution in [2.45, 2.75) is 59.9 Å². The molecule has 0 saturated carbocycles. The normalized spacial score (nSPS) is 10.4. The van der Waals surface area contributed by atoms with Crippen LogP contribution in [0.5, 0.6) is 0 Å².